The molecule has 4 nitrogen and oxygen atoms in total. The summed E-state index contributed by atoms with van der Waals surface area (Å²) in [6.07, 6.45) is 1.96. The summed E-state index contributed by atoms with van der Waals surface area (Å²) in [7, 11) is -4.30. The van der Waals surface area contributed by atoms with Gasteiger partial charge in [0.1, 0.15) is 12.2 Å². The number of carbonyl (C=O) groups is 1. The van der Waals surface area contributed by atoms with Crippen molar-refractivity contribution in [3.05, 3.63) is 42.0 Å². The highest BCUT2D eigenvalue weighted by Gasteiger charge is 2.60. The molecule has 0 N–H and O–H groups in total. The van der Waals surface area contributed by atoms with Crippen LogP contribution in [0.1, 0.15) is 53.5 Å². The van der Waals surface area contributed by atoms with E-state index in [1.54, 1.807) is 0 Å². The first-order valence-corrected chi connectivity index (χ1v) is 17.2. The zero-order valence-electron chi connectivity index (χ0n) is 21.0. The van der Waals surface area contributed by atoms with Crippen LogP contribution in [0.15, 0.2) is 36.4 Å². The molecule has 1 saturated heterocycles. The number of carbonyl (C=O) groups excluding carboxylic acids is 1. The van der Waals surface area contributed by atoms with Gasteiger partial charge in [-0.15, -0.1) is 0 Å². The first-order valence-electron chi connectivity index (χ1n) is 11.4. The van der Waals surface area contributed by atoms with Crippen molar-refractivity contribution in [3.63, 3.8) is 0 Å². The van der Waals surface area contributed by atoms with E-state index in [1.165, 1.54) is 0 Å². The van der Waals surface area contributed by atoms with Crippen LogP contribution in [0.2, 0.25) is 36.3 Å². The van der Waals surface area contributed by atoms with Gasteiger partial charge in [0.05, 0.1) is 0 Å². The molecule has 0 saturated carbocycles. The Labute approximate surface area is 190 Å². The van der Waals surface area contributed by atoms with Gasteiger partial charge < -0.3 is 13.6 Å². The van der Waals surface area contributed by atoms with E-state index in [0.29, 0.717) is 6.42 Å². The lowest BCUT2D eigenvalue weighted by Gasteiger charge is -2.45. The summed E-state index contributed by atoms with van der Waals surface area (Å²) in [5, 5.41) is 0.0545. The van der Waals surface area contributed by atoms with Gasteiger partial charge in [0.15, 0.2) is 22.2 Å². The van der Waals surface area contributed by atoms with Crippen LogP contribution in [-0.4, -0.2) is 40.4 Å². The van der Waals surface area contributed by atoms with E-state index >= 15 is 0 Å². The Morgan fingerprint density at radius 1 is 0.935 bits per heavy atom. The number of hydrogen-bond acceptors (Lipinski definition) is 4. The van der Waals surface area contributed by atoms with Crippen molar-refractivity contribution in [2.24, 2.45) is 0 Å². The van der Waals surface area contributed by atoms with Crippen molar-refractivity contribution in [2.45, 2.75) is 102 Å². The van der Waals surface area contributed by atoms with Crippen LogP contribution in [0.3, 0.4) is 0 Å². The van der Waals surface area contributed by atoms with E-state index in [2.05, 4.69) is 79.9 Å². The summed E-state index contributed by atoms with van der Waals surface area (Å²) in [5.41, 5.74) is 1.07. The molecular formula is C25H40O4Si2. The molecule has 0 spiro atoms. The molecule has 3 atom stereocenters. The molecule has 0 aromatic heterocycles. The molecule has 3 rings (SSSR count). The van der Waals surface area contributed by atoms with Crippen LogP contribution in [0.4, 0.5) is 0 Å². The Bertz CT molecular complexity index is 862. The summed E-state index contributed by atoms with van der Waals surface area (Å²) in [6.45, 7) is 22.2. The largest absolute Gasteiger partial charge is 0.457 e. The van der Waals surface area contributed by atoms with Crippen LogP contribution in [0, 0.1) is 0 Å². The molecule has 31 heavy (non-hydrogen) atoms. The van der Waals surface area contributed by atoms with Gasteiger partial charge in [0.2, 0.25) is 0 Å². The molecule has 0 unspecified atom stereocenters. The molecule has 2 aliphatic rings. The molecule has 1 heterocycles. The first kappa shape index (κ1) is 24.4. The van der Waals surface area contributed by atoms with E-state index in [0.717, 1.165) is 11.1 Å². The predicted molar refractivity (Wildman–Crippen MR) is 132 cm³/mol. The van der Waals surface area contributed by atoms with Crippen LogP contribution in [-0.2, 0) is 18.4 Å². The maximum atomic E-state index is 13.3. The SMILES string of the molecule is CC(C)(C)[Si](C)(C)O[C@@H]1C(c2ccccc2)=C[C@]2(O[Si](C)(C)C(C)(C)C)C[C@H]1OC2=O. The summed E-state index contributed by atoms with van der Waals surface area (Å²) < 4.78 is 19.6. The number of rotatable bonds is 5. The Hall–Kier alpha value is -1.22. The molecule has 1 aliphatic carbocycles. The quantitative estimate of drug-likeness (QED) is 0.369. The zero-order valence-corrected chi connectivity index (χ0v) is 23.0. The molecule has 6 heteroatoms. The van der Waals surface area contributed by atoms with Gasteiger partial charge in [0, 0.05) is 6.42 Å². The Morgan fingerprint density at radius 3 is 2.00 bits per heavy atom. The van der Waals surface area contributed by atoms with E-state index in [-0.39, 0.29) is 28.3 Å². The number of hydrogen-bond donors (Lipinski definition) is 0. The second-order valence-corrected chi connectivity index (χ2v) is 21.6. The van der Waals surface area contributed by atoms with Gasteiger partial charge >= 0.3 is 5.97 Å². The molecule has 1 aromatic rings. The molecule has 1 aliphatic heterocycles. The summed E-state index contributed by atoms with van der Waals surface area (Å²) >= 11 is 0. The van der Waals surface area contributed by atoms with Crippen molar-refractivity contribution in [3.8, 4) is 0 Å². The number of ether oxygens (including phenoxy) is 1. The monoisotopic (exact) mass is 460 g/mol. The van der Waals surface area contributed by atoms with Crippen LogP contribution in [0.25, 0.3) is 5.57 Å². The molecule has 1 aromatic carbocycles. The van der Waals surface area contributed by atoms with Gasteiger partial charge in [-0.05, 0) is 53.5 Å². The average molecular weight is 461 g/mol. The van der Waals surface area contributed by atoms with Gasteiger partial charge in [-0.25, -0.2) is 4.79 Å². The molecule has 1 fully saturated rings. The fraction of sp³-hybridized carbons (Fsp3) is 0.640. The predicted octanol–water partition coefficient (Wildman–Crippen LogP) is 6.55. The fourth-order valence-electron chi connectivity index (χ4n) is 3.71. The minimum atomic E-state index is -2.21. The molecule has 0 radical (unpaired) electrons. The van der Waals surface area contributed by atoms with Crippen molar-refractivity contribution in [1.82, 2.24) is 0 Å². The maximum absolute atomic E-state index is 13.3. The van der Waals surface area contributed by atoms with E-state index in [9.17, 15) is 4.79 Å². The Morgan fingerprint density at radius 2 is 1.48 bits per heavy atom. The summed E-state index contributed by atoms with van der Waals surface area (Å²) in [6, 6.07) is 10.2. The maximum Gasteiger partial charge on any atom is 0.341 e. The van der Waals surface area contributed by atoms with E-state index < -0.39 is 22.2 Å². The Kier molecular flexibility index (Phi) is 6.05. The highest BCUT2D eigenvalue weighted by atomic mass is 28.4. The second kappa shape index (κ2) is 7.68. The zero-order chi connectivity index (χ0) is 23.5. The van der Waals surface area contributed by atoms with Crippen LogP contribution < -0.4 is 0 Å². The second-order valence-electron chi connectivity index (χ2n) is 12.2. The molecule has 0 amide bonds. The lowest BCUT2D eigenvalue weighted by molar-refractivity contribution is -0.151. The fourth-order valence-corrected chi connectivity index (χ4v) is 6.42. The van der Waals surface area contributed by atoms with Gasteiger partial charge in [0.25, 0.3) is 0 Å². The number of benzene rings is 1. The van der Waals surface area contributed by atoms with Gasteiger partial charge in [-0.2, -0.15) is 0 Å². The van der Waals surface area contributed by atoms with Gasteiger partial charge in [-0.1, -0.05) is 71.9 Å². The van der Waals surface area contributed by atoms with E-state index in [1.807, 2.05) is 24.3 Å². The molecule has 2 bridgehead atoms. The lowest BCUT2D eigenvalue weighted by Crippen LogP contribution is -2.53. The van der Waals surface area contributed by atoms with Crippen molar-refractivity contribution in [2.75, 3.05) is 0 Å². The van der Waals surface area contributed by atoms with Crippen molar-refractivity contribution >= 4 is 28.2 Å². The van der Waals surface area contributed by atoms with Crippen molar-refractivity contribution < 1.29 is 18.4 Å². The van der Waals surface area contributed by atoms with Crippen molar-refractivity contribution in [1.29, 1.82) is 0 Å². The summed E-state index contributed by atoms with van der Waals surface area (Å²) in [5.74, 6) is -0.267. The first-order chi connectivity index (χ1) is 14.0. The third-order valence-corrected chi connectivity index (χ3v) is 16.7. The van der Waals surface area contributed by atoms with E-state index in [4.69, 9.17) is 13.6 Å². The number of esters is 1. The normalized spacial score (nSPS) is 27.2. The highest BCUT2D eigenvalue weighted by molar-refractivity contribution is 6.74. The topological polar surface area (TPSA) is 44.8 Å². The number of fused-ring (bicyclic) bond motifs is 2. The minimum Gasteiger partial charge on any atom is -0.457 e. The highest BCUT2D eigenvalue weighted by Crippen LogP contribution is 2.50. The van der Waals surface area contributed by atoms with Gasteiger partial charge in [-0.3, -0.25) is 0 Å². The Balaban J connectivity index is 2.10. The third-order valence-electron chi connectivity index (χ3n) is 7.72. The third kappa shape index (κ3) is 4.49. The molecule has 172 valence electrons. The average Bonchev–Trinajstić information content (AvgIpc) is 2.87. The van der Waals surface area contributed by atoms with Crippen LogP contribution >= 0.6 is 0 Å². The lowest BCUT2D eigenvalue weighted by atomic mass is 9.83. The smallest absolute Gasteiger partial charge is 0.341 e. The minimum absolute atomic E-state index is 0.00461. The molecular weight excluding hydrogens is 420 g/mol. The standard InChI is InChI=1S/C25H40O4Si2/c1-23(2,3)30(7,8)28-21-19(18-14-12-11-13-15-18)16-25(17-20(21)27-22(25)26)29-31(9,10)24(4,5)6/h11-16,20-21H,17H2,1-10H3/t20-,21-,25+/m1/s1. The summed E-state index contributed by atoms with van der Waals surface area (Å²) in [4.78, 5) is 13.3. The van der Waals surface area contributed by atoms with Crippen LogP contribution in [0.5, 0.6) is 0 Å².